The Morgan fingerprint density at radius 3 is 1.87 bits per heavy atom. The first kappa shape index (κ1) is 29.4. The van der Waals surface area contributed by atoms with Gasteiger partial charge in [-0.2, -0.15) is 0 Å². The number of hydrogen-bond donors (Lipinski definition) is 0. The molecule has 0 N–H and O–H groups in total. The van der Waals surface area contributed by atoms with Crippen LogP contribution in [0.5, 0.6) is 0 Å². The second-order valence-corrected chi connectivity index (χ2v) is 8.61. The van der Waals surface area contributed by atoms with Crippen molar-refractivity contribution in [2.24, 2.45) is 5.92 Å². The van der Waals surface area contributed by atoms with Crippen LogP contribution in [0.15, 0.2) is 0 Å². The number of rotatable bonds is 24. The van der Waals surface area contributed by atoms with E-state index in [-0.39, 0.29) is 5.97 Å². The summed E-state index contributed by atoms with van der Waals surface area (Å²) in [6, 6.07) is 0. The predicted molar refractivity (Wildman–Crippen MR) is 127 cm³/mol. The zero-order valence-corrected chi connectivity index (χ0v) is 20.6. The van der Waals surface area contributed by atoms with Gasteiger partial charge in [0.1, 0.15) is 0 Å². The third-order valence-corrected chi connectivity index (χ3v) is 5.70. The molecule has 0 bridgehead atoms. The second kappa shape index (κ2) is 24.7. The van der Waals surface area contributed by atoms with Gasteiger partial charge in [0.2, 0.25) is 0 Å². The molecule has 0 aromatic heterocycles. The van der Waals surface area contributed by atoms with Gasteiger partial charge < -0.3 is 14.2 Å². The zero-order valence-electron chi connectivity index (χ0n) is 20.6. The molecule has 0 rings (SSSR count). The van der Waals surface area contributed by atoms with E-state index in [1.807, 2.05) is 0 Å². The van der Waals surface area contributed by atoms with Crippen molar-refractivity contribution in [2.75, 3.05) is 33.0 Å². The molecule has 0 heterocycles. The van der Waals surface area contributed by atoms with E-state index < -0.39 is 0 Å². The Morgan fingerprint density at radius 2 is 1.23 bits per heavy atom. The van der Waals surface area contributed by atoms with Crippen LogP contribution in [0, 0.1) is 5.92 Å². The highest BCUT2D eigenvalue weighted by atomic mass is 16.5. The van der Waals surface area contributed by atoms with Gasteiger partial charge in [-0.15, -0.1) is 0 Å². The summed E-state index contributed by atoms with van der Waals surface area (Å²) in [5, 5.41) is 0. The first-order valence-electron chi connectivity index (χ1n) is 13.1. The maximum Gasteiger partial charge on any atom is 0.305 e. The molecule has 1 atom stereocenters. The van der Waals surface area contributed by atoms with Crippen LogP contribution >= 0.6 is 0 Å². The Kier molecular flexibility index (Phi) is 24.2. The third-order valence-electron chi connectivity index (χ3n) is 5.70. The van der Waals surface area contributed by atoms with Gasteiger partial charge in [0.15, 0.2) is 0 Å². The van der Waals surface area contributed by atoms with E-state index >= 15 is 0 Å². The van der Waals surface area contributed by atoms with Gasteiger partial charge in [-0.05, 0) is 25.2 Å². The SMILES string of the molecule is CCCCCCCCCCCCOC(=O)CCCOCCOCC(CC)CCCC. The molecule has 0 aromatic carbocycles. The number of unbranched alkanes of at least 4 members (excludes halogenated alkanes) is 10. The van der Waals surface area contributed by atoms with Crippen LogP contribution in [-0.4, -0.2) is 39.0 Å². The van der Waals surface area contributed by atoms with Gasteiger partial charge in [0, 0.05) is 19.6 Å². The van der Waals surface area contributed by atoms with E-state index in [1.165, 1.54) is 83.5 Å². The Hall–Kier alpha value is -0.610. The quantitative estimate of drug-likeness (QED) is 0.118. The van der Waals surface area contributed by atoms with Crippen LogP contribution in [0.1, 0.15) is 124 Å². The molecular formula is C26H52O4. The topological polar surface area (TPSA) is 44.8 Å². The minimum absolute atomic E-state index is 0.0903. The average Bonchev–Trinajstić information content (AvgIpc) is 2.75. The summed E-state index contributed by atoms with van der Waals surface area (Å²) in [6.45, 7) is 9.99. The summed E-state index contributed by atoms with van der Waals surface area (Å²) in [6.07, 6.45) is 19.1. The molecule has 0 saturated carbocycles. The zero-order chi connectivity index (χ0) is 22.1. The molecule has 4 nitrogen and oxygen atoms in total. The summed E-state index contributed by atoms with van der Waals surface area (Å²) in [4.78, 5) is 11.7. The Balaban J connectivity index is 3.27. The van der Waals surface area contributed by atoms with Crippen LogP contribution in [-0.2, 0) is 19.0 Å². The fraction of sp³-hybridized carbons (Fsp3) is 0.962. The molecule has 0 aliphatic carbocycles. The molecule has 4 heteroatoms. The summed E-state index contributed by atoms with van der Waals surface area (Å²) in [5.41, 5.74) is 0. The van der Waals surface area contributed by atoms with Gasteiger partial charge in [-0.25, -0.2) is 0 Å². The number of carbonyl (C=O) groups is 1. The molecular weight excluding hydrogens is 376 g/mol. The van der Waals surface area contributed by atoms with Crippen LogP contribution in [0.3, 0.4) is 0 Å². The summed E-state index contributed by atoms with van der Waals surface area (Å²) >= 11 is 0. The van der Waals surface area contributed by atoms with Crippen molar-refractivity contribution >= 4 is 5.97 Å². The third kappa shape index (κ3) is 22.1. The summed E-state index contributed by atoms with van der Waals surface area (Å²) in [5.74, 6) is 0.586. The van der Waals surface area contributed by atoms with Crippen molar-refractivity contribution in [3.8, 4) is 0 Å². The van der Waals surface area contributed by atoms with Crippen molar-refractivity contribution in [3.05, 3.63) is 0 Å². The molecule has 180 valence electrons. The van der Waals surface area contributed by atoms with Crippen molar-refractivity contribution in [1.82, 2.24) is 0 Å². The highest BCUT2D eigenvalue weighted by molar-refractivity contribution is 5.69. The smallest absolute Gasteiger partial charge is 0.305 e. The van der Waals surface area contributed by atoms with Gasteiger partial charge in [0.25, 0.3) is 0 Å². The lowest BCUT2D eigenvalue weighted by molar-refractivity contribution is -0.144. The minimum Gasteiger partial charge on any atom is -0.466 e. The molecule has 0 fully saturated rings. The van der Waals surface area contributed by atoms with Crippen molar-refractivity contribution in [3.63, 3.8) is 0 Å². The Bertz CT molecular complexity index is 346. The highest BCUT2D eigenvalue weighted by Crippen LogP contribution is 2.13. The second-order valence-electron chi connectivity index (χ2n) is 8.61. The standard InChI is InChI=1S/C26H52O4/c1-4-7-9-10-11-12-13-14-15-16-21-30-26(27)19-17-20-28-22-23-29-24-25(6-3)18-8-5-2/h25H,4-24H2,1-3H3. The average molecular weight is 429 g/mol. The van der Waals surface area contributed by atoms with Gasteiger partial charge >= 0.3 is 5.97 Å². The van der Waals surface area contributed by atoms with Gasteiger partial charge in [-0.1, -0.05) is 97.8 Å². The molecule has 0 aromatic rings. The first-order valence-corrected chi connectivity index (χ1v) is 13.1. The van der Waals surface area contributed by atoms with Gasteiger partial charge in [0.05, 0.1) is 19.8 Å². The maximum atomic E-state index is 11.7. The summed E-state index contributed by atoms with van der Waals surface area (Å²) < 4.78 is 16.6. The van der Waals surface area contributed by atoms with Crippen molar-refractivity contribution in [1.29, 1.82) is 0 Å². The van der Waals surface area contributed by atoms with E-state index in [2.05, 4.69) is 20.8 Å². The largest absolute Gasteiger partial charge is 0.466 e. The molecule has 0 spiro atoms. The van der Waals surface area contributed by atoms with Crippen molar-refractivity contribution < 1.29 is 19.0 Å². The lowest BCUT2D eigenvalue weighted by atomic mass is 10.0. The van der Waals surface area contributed by atoms with E-state index in [0.717, 1.165) is 19.4 Å². The van der Waals surface area contributed by atoms with E-state index in [1.54, 1.807) is 0 Å². The van der Waals surface area contributed by atoms with Crippen LogP contribution in [0.25, 0.3) is 0 Å². The van der Waals surface area contributed by atoms with Gasteiger partial charge in [-0.3, -0.25) is 4.79 Å². The number of ether oxygens (including phenoxy) is 3. The van der Waals surface area contributed by atoms with Crippen LogP contribution < -0.4 is 0 Å². The monoisotopic (exact) mass is 428 g/mol. The molecule has 1 unspecified atom stereocenters. The number of hydrogen-bond acceptors (Lipinski definition) is 4. The Morgan fingerprint density at radius 1 is 0.633 bits per heavy atom. The predicted octanol–water partition coefficient (Wildman–Crippen LogP) is 7.48. The van der Waals surface area contributed by atoms with E-state index in [0.29, 0.717) is 38.8 Å². The molecule has 0 saturated heterocycles. The normalized spacial score (nSPS) is 12.2. The van der Waals surface area contributed by atoms with Crippen LogP contribution in [0.4, 0.5) is 0 Å². The number of carbonyl (C=O) groups excluding carboxylic acids is 1. The molecule has 0 aliphatic rings. The summed E-state index contributed by atoms with van der Waals surface area (Å²) in [7, 11) is 0. The number of esters is 1. The molecule has 0 aliphatic heterocycles. The fourth-order valence-electron chi connectivity index (χ4n) is 3.53. The molecule has 0 radical (unpaired) electrons. The van der Waals surface area contributed by atoms with Crippen LogP contribution in [0.2, 0.25) is 0 Å². The van der Waals surface area contributed by atoms with E-state index in [9.17, 15) is 4.79 Å². The first-order chi connectivity index (χ1) is 14.7. The lowest BCUT2D eigenvalue weighted by Crippen LogP contribution is -2.13. The van der Waals surface area contributed by atoms with E-state index in [4.69, 9.17) is 14.2 Å². The lowest BCUT2D eigenvalue weighted by Gasteiger charge is -2.14. The molecule has 0 amide bonds. The minimum atomic E-state index is -0.0903. The highest BCUT2D eigenvalue weighted by Gasteiger charge is 2.06. The maximum absolute atomic E-state index is 11.7. The fourth-order valence-corrected chi connectivity index (χ4v) is 3.53. The van der Waals surface area contributed by atoms with Crippen molar-refractivity contribution in [2.45, 2.75) is 124 Å². The Labute approximate surface area is 187 Å². The molecule has 30 heavy (non-hydrogen) atoms.